The van der Waals surface area contributed by atoms with Crippen LogP contribution in [0.2, 0.25) is 0 Å². The topological polar surface area (TPSA) is 132 Å². The van der Waals surface area contributed by atoms with Crippen LogP contribution in [-0.2, 0) is 24.0 Å². The Labute approximate surface area is 780 Å². The average molecular weight is 1840 g/mol. The molecule has 705 valence electrons. The van der Waals surface area contributed by atoms with Gasteiger partial charge in [0.25, 0.3) is 0 Å². The van der Waals surface area contributed by atoms with Gasteiger partial charge in [-0.15, -0.1) is 0 Å². The summed E-state index contributed by atoms with van der Waals surface area (Å²) in [5, 5.41) is 0. The van der Waals surface area contributed by atoms with E-state index >= 15 is 0 Å². The van der Waals surface area contributed by atoms with Crippen LogP contribution in [0.15, 0.2) is 146 Å². The Morgan fingerprint density at radius 3 is 0.448 bits per heavy atom. The van der Waals surface area contributed by atoms with Gasteiger partial charge < -0.3 is 23.7 Å². The van der Waals surface area contributed by atoms with Crippen molar-refractivity contribution in [3.63, 3.8) is 0 Å². The van der Waals surface area contributed by atoms with Crippen molar-refractivity contribution in [2.75, 3.05) is 0 Å². The Morgan fingerprint density at radius 1 is 0.200 bits per heavy atom. The van der Waals surface area contributed by atoms with Crippen molar-refractivity contribution in [1.82, 2.24) is 0 Å². The Hall–Kier alpha value is -5.80. The molecule has 0 bridgehead atoms. The van der Waals surface area contributed by atoms with Gasteiger partial charge in [-0.2, -0.15) is 0 Å². The number of hydrogen-bond acceptors (Lipinski definition) is 10. The van der Waals surface area contributed by atoms with Crippen molar-refractivity contribution in [2.45, 2.75) is 412 Å². The molecule has 0 atom stereocenters. The zero-order valence-electron chi connectivity index (χ0n) is 76.9. The third kappa shape index (κ3) is 52.6. The first-order chi connectivity index (χ1) is 58.4. The van der Waals surface area contributed by atoms with Crippen molar-refractivity contribution < 1.29 is 71.2 Å². The summed E-state index contributed by atoms with van der Waals surface area (Å²) in [4.78, 5) is 65.2. The molecule has 0 unspecified atom stereocenters. The summed E-state index contributed by atoms with van der Waals surface area (Å²) in [6.45, 7) is 11.3. The van der Waals surface area contributed by atoms with Gasteiger partial charge in [0.1, 0.15) is 28.7 Å². The summed E-state index contributed by atoms with van der Waals surface area (Å²) in [5.41, 5.74) is 0. The van der Waals surface area contributed by atoms with E-state index in [0.29, 0.717) is 28.7 Å². The Morgan fingerprint density at radius 2 is 0.320 bits per heavy atom. The van der Waals surface area contributed by atoms with Gasteiger partial charge in [-0.1, -0.05) is 322 Å². The van der Waals surface area contributed by atoms with Crippen LogP contribution in [0, 0.1) is 59.2 Å². The highest BCUT2D eigenvalue weighted by Gasteiger charge is 2.33. The number of halogens is 5. The maximum Gasteiger partial charge on any atom is 0.314 e. The zero-order valence-corrected chi connectivity index (χ0v) is 81.0. The van der Waals surface area contributed by atoms with E-state index in [1.807, 2.05) is 0 Å². The molecule has 0 spiro atoms. The van der Waals surface area contributed by atoms with Gasteiger partial charge in [-0.25, -0.2) is 0 Å². The molecule has 20 heteroatoms. The maximum atomic E-state index is 12.3. The lowest BCUT2D eigenvalue weighted by Gasteiger charge is -2.27. The van der Waals surface area contributed by atoms with Gasteiger partial charge in [0.05, 0.1) is 29.6 Å². The molecule has 5 fully saturated rings. The molecular weight excluding hydrogens is 1680 g/mol. The molecule has 5 aliphatic carbocycles. The number of benzene rings is 5. The fraction of sp³-hybridized carbons (Fsp3) is 0.667. The summed E-state index contributed by atoms with van der Waals surface area (Å²) in [5.74, 6) is 7.23. The van der Waals surface area contributed by atoms with Gasteiger partial charge in [0, 0.05) is 24.5 Å². The Balaban J connectivity index is 0.000000774. The number of esters is 5. The van der Waals surface area contributed by atoms with E-state index in [4.69, 9.17) is 86.8 Å². The fourth-order valence-electron chi connectivity index (χ4n) is 18.0. The summed E-state index contributed by atoms with van der Waals surface area (Å²) in [6, 6.07) is 35.8. The molecule has 0 heterocycles. The number of rotatable bonds is 45. The highest BCUT2D eigenvalue weighted by atomic mass is 32.1. The molecule has 0 N–H and O–H groups in total. The van der Waals surface area contributed by atoms with Crippen molar-refractivity contribution in [3.8, 4) is 28.7 Å². The van der Waals surface area contributed by atoms with Crippen LogP contribution in [0.25, 0.3) is 0 Å². The van der Waals surface area contributed by atoms with Gasteiger partial charge >= 0.3 is 29.8 Å². The van der Waals surface area contributed by atoms with Crippen LogP contribution in [0.4, 0.5) is 23.5 Å². The number of unbranched alkanes of at least 4 members (excludes halogenated alkanes) is 25. The molecule has 0 saturated heterocycles. The molecule has 0 aliphatic heterocycles. The van der Waals surface area contributed by atoms with Crippen molar-refractivity contribution in [1.29, 1.82) is 0 Å². The summed E-state index contributed by atoms with van der Waals surface area (Å²) >= 11 is 25.2. The van der Waals surface area contributed by atoms with E-state index in [9.17, 15) is 24.0 Å². The maximum absolute atomic E-state index is 12.3. The molecular formula is C105H160F5O10S5. The average Bonchev–Trinajstić information content (AvgIpc) is 0.887. The van der Waals surface area contributed by atoms with Crippen molar-refractivity contribution in [3.05, 3.63) is 121 Å². The Kier molecular flexibility index (Phi) is 68.4. The number of ether oxygens (including phenoxy) is 5. The molecule has 10 rings (SSSR count). The fourth-order valence-corrected chi connectivity index (χ4v) is 18.7. The van der Waals surface area contributed by atoms with E-state index in [2.05, 4.69) is 34.6 Å². The van der Waals surface area contributed by atoms with Crippen molar-refractivity contribution in [2.24, 2.45) is 59.2 Å². The van der Waals surface area contributed by atoms with Gasteiger partial charge in [0.15, 0.2) is 0 Å². The van der Waals surface area contributed by atoms with Crippen LogP contribution in [0.3, 0.4) is 0 Å². The second kappa shape index (κ2) is 72.9. The molecule has 5 aromatic carbocycles. The van der Waals surface area contributed by atoms with Crippen LogP contribution in [-0.4, -0.2) is 29.8 Å². The van der Waals surface area contributed by atoms with E-state index in [-0.39, 0.29) is 83.0 Å². The minimum absolute atomic E-state index is 0. The number of carbonyl (C=O) groups excluding carboxylic acids is 5. The molecule has 5 saturated carbocycles. The summed E-state index contributed by atoms with van der Waals surface area (Å²) < 4.78 is 27.5. The lowest BCUT2D eigenvalue weighted by atomic mass is 9.80. The lowest BCUT2D eigenvalue weighted by Crippen LogP contribution is -2.25. The predicted molar refractivity (Wildman–Crippen MR) is 519 cm³/mol. The normalized spacial score (nSPS) is 19.9. The van der Waals surface area contributed by atoms with Gasteiger partial charge in [-0.05, 0) is 279 Å². The highest BCUT2D eigenvalue weighted by Crippen LogP contribution is 2.39. The number of hydrogen-bond donors (Lipinski definition) is 0. The minimum Gasteiger partial charge on any atom is -0.426 e. The van der Waals surface area contributed by atoms with Crippen LogP contribution in [0.1, 0.15) is 388 Å². The molecule has 125 heavy (non-hydrogen) atoms. The first kappa shape index (κ1) is 117. The highest BCUT2D eigenvalue weighted by molar-refractivity contribution is 7.81. The van der Waals surface area contributed by atoms with Crippen LogP contribution < -0.4 is 23.7 Å². The lowest BCUT2D eigenvalue weighted by molar-refractivity contribution is -0.141. The quantitative estimate of drug-likeness (QED) is 0.0161. The molecule has 5 aromatic rings. The van der Waals surface area contributed by atoms with Gasteiger partial charge in [0.2, 0.25) is 0 Å². The van der Waals surface area contributed by atoms with Gasteiger partial charge in [-0.3, -0.25) is 47.5 Å². The molecule has 5 aliphatic rings. The summed E-state index contributed by atoms with van der Waals surface area (Å²) in [6.07, 6.45) is 69.4. The second-order valence-electron chi connectivity index (χ2n) is 35.8. The first-order valence-electron chi connectivity index (χ1n) is 48.4. The van der Waals surface area contributed by atoms with Crippen molar-refractivity contribution >= 4 is 93.0 Å². The third-order valence-corrected chi connectivity index (χ3v) is 27.3. The monoisotopic (exact) mass is 1840 g/mol. The van der Waals surface area contributed by atoms with Crippen LogP contribution >= 0.6 is 63.1 Å². The zero-order chi connectivity index (χ0) is 86.0. The SMILES string of the molecule is CCCCCCCCC1CCC(C(=O)Oc2ccc([S])cc2)CC1.CCCCCCCCC1CCC(C(=O)Oc2ccc([S])cc2)CC1.CCCCCCCCC1CCC(C(=O)Oc2ccc([S])cc2)CC1.CCCCCCCCC1CCC(C(=O)Oc2ccc([S])cc2)CC1.CCCCCCCCC1CCC(C(=O)Oc2ccc([S])cc2)CC1.F.F.F.F.F. The standard InChI is InChI=1S/5C21H31O2S.5FH/c5*1-2-3-4-5-6-7-8-17-9-11-18(12-10-17)21(22)23-19-13-15-20(24)16-14-19;;;;;/h5*13-18H,2-12H2,1H3;5*1H. The van der Waals surface area contributed by atoms with E-state index in [0.717, 1.165) is 118 Å². The Bertz CT molecular complexity index is 2940. The molecule has 0 aromatic heterocycles. The van der Waals surface area contributed by atoms with E-state index < -0.39 is 0 Å². The van der Waals surface area contributed by atoms with E-state index in [1.54, 1.807) is 121 Å². The number of carbonyl (C=O) groups is 5. The third-order valence-electron chi connectivity index (χ3n) is 25.9. The smallest absolute Gasteiger partial charge is 0.314 e. The largest absolute Gasteiger partial charge is 0.426 e. The predicted octanol–water partition coefficient (Wildman–Crippen LogP) is 34.3. The summed E-state index contributed by atoms with van der Waals surface area (Å²) in [7, 11) is 0. The minimum atomic E-state index is -0.0647. The molecule has 5 radical (unpaired) electrons. The molecule has 0 amide bonds. The van der Waals surface area contributed by atoms with Crippen LogP contribution in [0.5, 0.6) is 28.7 Å². The first-order valence-corrected chi connectivity index (χ1v) is 50.4. The second-order valence-corrected chi connectivity index (χ2v) is 38.2. The van der Waals surface area contributed by atoms with E-state index in [1.165, 1.54) is 289 Å². The molecule has 10 nitrogen and oxygen atoms in total.